The topological polar surface area (TPSA) is 109 Å². The number of furan rings is 1. The second-order valence-electron chi connectivity index (χ2n) is 4.31. The van der Waals surface area contributed by atoms with E-state index in [1.807, 2.05) is 0 Å². The lowest BCUT2D eigenvalue weighted by atomic mass is 10.1. The van der Waals surface area contributed by atoms with Crippen LogP contribution in [0.3, 0.4) is 0 Å². The van der Waals surface area contributed by atoms with E-state index < -0.39 is 10.8 Å². The quantitative estimate of drug-likeness (QED) is 0.501. The minimum absolute atomic E-state index is 0.120. The van der Waals surface area contributed by atoms with Gasteiger partial charge in [0.15, 0.2) is 0 Å². The van der Waals surface area contributed by atoms with Gasteiger partial charge >= 0.3 is 0 Å². The molecule has 1 aromatic carbocycles. The molecule has 2 N–H and O–H groups in total. The van der Waals surface area contributed by atoms with E-state index in [0.29, 0.717) is 29.4 Å². The number of amides is 1. The van der Waals surface area contributed by atoms with Gasteiger partial charge in [-0.1, -0.05) is 0 Å². The molecule has 2 rings (SSSR count). The number of nitrogens with zero attached hydrogens (tertiary/aromatic N) is 1. The Morgan fingerprint density at radius 2 is 2.18 bits per heavy atom. The summed E-state index contributed by atoms with van der Waals surface area (Å²) in [5.74, 6) is 0.499. The molecule has 22 heavy (non-hydrogen) atoms. The molecule has 0 spiro atoms. The van der Waals surface area contributed by atoms with Crippen LogP contribution in [0.15, 0.2) is 40.8 Å². The second kappa shape index (κ2) is 6.57. The second-order valence-corrected chi connectivity index (χ2v) is 4.31. The lowest BCUT2D eigenvalue weighted by Crippen LogP contribution is -2.04. The Morgan fingerprint density at radius 3 is 2.82 bits per heavy atom. The number of nitro groups is 1. The lowest BCUT2D eigenvalue weighted by Gasteiger charge is -2.05. The molecule has 0 saturated carbocycles. The van der Waals surface area contributed by atoms with Crippen molar-refractivity contribution in [1.82, 2.24) is 0 Å². The zero-order chi connectivity index (χ0) is 16.1. The molecule has 0 aliphatic rings. The standard InChI is InChI=1S/C15H14N2O5/c1-2-21-11-3-6-12(13(9-11)17(19)20)14-7-4-10(22-14)5-8-15(16)18/h3-9H,2H2,1H3,(H2,16,18)/b8-5-. The van der Waals surface area contributed by atoms with Gasteiger partial charge in [0.1, 0.15) is 17.3 Å². The van der Waals surface area contributed by atoms with E-state index in [1.54, 1.807) is 31.2 Å². The smallest absolute Gasteiger partial charge is 0.284 e. The average molecular weight is 302 g/mol. The van der Waals surface area contributed by atoms with Crippen molar-refractivity contribution < 1.29 is 18.9 Å². The van der Waals surface area contributed by atoms with Crippen LogP contribution in [0.2, 0.25) is 0 Å². The van der Waals surface area contributed by atoms with Gasteiger partial charge < -0.3 is 14.9 Å². The van der Waals surface area contributed by atoms with Crippen molar-refractivity contribution in [3.63, 3.8) is 0 Å². The third-order valence-corrected chi connectivity index (χ3v) is 2.78. The van der Waals surface area contributed by atoms with Gasteiger partial charge in [0.05, 0.1) is 23.2 Å². The van der Waals surface area contributed by atoms with E-state index in [9.17, 15) is 14.9 Å². The Morgan fingerprint density at radius 1 is 1.41 bits per heavy atom. The fourth-order valence-electron chi connectivity index (χ4n) is 1.88. The summed E-state index contributed by atoms with van der Waals surface area (Å²) in [6, 6.07) is 7.72. The van der Waals surface area contributed by atoms with Crippen LogP contribution < -0.4 is 10.5 Å². The zero-order valence-corrected chi connectivity index (χ0v) is 11.8. The zero-order valence-electron chi connectivity index (χ0n) is 11.8. The summed E-state index contributed by atoms with van der Waals surface area (Å²) in [5.41, 5.74) is 5.20. The molecule has 1 heterocycles. The van der Waals surface area contributed by atoms with E-state index in [0.717, 1.165) is 6.08 Å². The molecule has 0 bridgehead atoms. The maximum atomic E-state index is 11.2. The van der Waals surface area contributed by atoms with Crippen LogP contribution in [-0.4, -0.2) is 17.4 Å². The first-order valence-electron chi connectivity index (χ1n) is 6.50. The summed E-state index contributed by atoms with van der Waals surface area (Å²) in [6.45, 7) is 2.21. The molecule has 1 aromatic heterocycles. The molecular formula is C15H14N2O5. The first-order valence-corrected chi connectivity index (χ1v) is 6.50. The number of hydrogen-bond donors (Lipinski definition) is 1. The molecule has 1 amide bonds. The van der Waals surface area contributed by atoms with Crippen LogP contribution in [0, 0.1) is 10.1 Å². The Balaban J connectivity index is 2.39. The normalized spacial score (nSPS) is 10.8. The van der Waals surface area contributed by atoms with Crippen LogP contribution in [-0.2, 0) is 4.79 Å². The van der Waals surface area contributed by atoms with E-state index >= 15 is 0 Å². The van der Waals surface area contributed by atoms with Crippen LogP contribution >= 0.6 is 0 Å². The molecule has 2 aromatic rings. The highest BCUT2D eigenvalue weighted by atomic mass is 16.6. The maximum absolute atomic E-state index is 11.2. The number of carbonyl (C=O) groups excluding carboxylic acids is 1. The number of ether oxygens (including phenoxy) is 1. The molecule has 0 radical (unpaired) electrons. The Kier molecular flexibility index (Phi) is 4.57. The van der Waals surface area contributed by atoms with Crippen molar-refractivity contribution >= 4 is 17.7 Å². The number of carbonyl (C=O) groups is 1. The van der Waals surface area contributed by atoms with Gasteiger partial charge in [0.2, 0.25) is 5.91 Å². The number of nitro benzene ring substituents is 1. The summed E-state index contributed by atoms with van der Waals surface area (Å²) in [4.78, 5) is 21.4. The van der Waals surface area contributed by atoms with E-state index in [4.69, 9.17) is 14.9 Å². The average Bonchev–Trinajstić information content (AvgIpc) is 2.94. The third kappa shape index (κ3) is 3.51. The van der Waals surface area contributed by atoms with Gasteiger partial charge in [0, 0.05) is 6.08 Å². The van der Waals surface area contributed by atoms with Gasteiger partial charge in [0.25, 0.3) is 5.69 Å². The van der Waals surface area contributed by atoms with Crippen LogP contribution in [0.5, 0.6) is 5.75 Å². The minimum atomic E-state index is -0.606. The summed E-state index contributed by atoms with van der Waals surface area (Å²) < 4.78 is 10.7. The highest BCUT2D eigenvalue weighted by Gasteiger charge is 2.19. The van der Waals surface area contributed by atoms with Crippen molar-refractivity contribution in [3.8, 4) is 17.1 Å². The van der Waals surface area contributed by atoms with Gasteiger partial charge in [-0.05, 0) is 37.3 Å². The van der Waals surface area contributed by atoms with Gasteiger partial charge in [-0.2, -0.15) is 0 Å². The number of benzene rings is 1. The highest BCUT2D eigenvalue weighted by Crippen LogP contribution is 2.34. The first-order chi connectivity index (χ1) is 10.5. The molecule has 7 nitrogen and oxygen atoms in total. The summed E-state index contributed by atoms with van der Waals surface area (Å²) in [6.07, 6.45) is 2.54. The fourth-order valence-corrected chi connectivity index (χ4v) is 1.88. The highest BCUT2D eigenvalue weighted by molar-refractivity contribution is 5.90. The Bertz CT molecular complexity index is 733. The number of rotatable bonds is 6. The lowest BCUT2D eigenvalue weighted by molar-refractivity contribution is -0.384. The minimum Gasteiger partial charge on any atom is -0.494 e. The third-order valence-electron chi connectivity index (χ3n) is 2.78. The Hall–Kier alpha value is -3.09. The van der Waals surface area contributed by atoms with Crippen molar-refractivity contribution in [2.75, 3.05) is 6.61 Å². The van der Waals surface area contributed by atoms with Gasteiger partial charge in [-0.25, -0.2) is 0 Å². The Labute approximate surface area is 126 Å². The van der Waals surface area contributed by atoms with Gasteiger partial charge in [-0.15, -0.1) is 0 Å². The molecule has 114 valence electrons. The molecule has 0 aliphatic heterocycles. The van der Waals surface area contributed by atoms with Crippen molar-refractivity contribution in [3.05, 3.63) is 52.3 Å². The van der Waals surface area contributed by atoms with E-state index in [1.165, 1.54) is 12.1 Å². The summed E-state index contributed by atoms with van der Waals surface area (Å²) in [5, 5.41) is 11.2. The van der Waals surface area contributed by atoms with Crippen molar-refractivity contribution in [2.45, 2.75) is 6.92 Å². The molecule has 7 heteroatoms. The summed E-state index contributed by atoms with van der Waals surface area (Å²) >= 11 is 0. The number of nitrogens with two attached hydrogens (primary N) is 1. The maximum Gasteiger partial charge on any atom is 0.284 e. The predicted octanol–water partition coefficient (Wildman–Crippen LogP) is 2.75. The monoisotopic (exact) mass is 302 g/mol. The summed E-state index contributed by atoms with van der Waals surface area (Å²) in [7, 11) is 0. The van der Waals surface area contributed by atoms with E-state index in [-0.39, 0.29) is 5.69 Å². The SMILES string of the molecule is CCOc1ccc(-c2ccc(/C=C\C(N)=O)o2)c([N+](=O)[O-])c1. The molecule has 0 unspecified atom stereocenters. The molecule has 0 fully saturated rings. The molecule has 0 atom stereocenters. The molecule has 0 aliphatic carbocycles. The molecular weight excluding hydrogens is 288 g/mol. The first kappa shape index (κ1) is 15.3. The number of primary amides is 1. The number of hydrogen-bond acceptors (Lipinski definition) is 5. The molecule has 0 saturated heterocycles. The van der Waals surface area contributed by atoms with Gasteiger partial charge in [-0.3, -0.25) is 14.9 Å². The fraction of sp³-hybridized carbons (Fsp3) is 0.133. The van der Waals surface area contributed by atoms with Crippen LogP contribution in [0.25, 0.3) is 17.4 Å². The van der Waals surface area contributed by atoms with Crippen molar-refractivity contribution in [2.24, 2.45) is 5.73 Å². The van der Waals surface area contributed by atoms with Crippen LogP contribution in [0.4, 0.5) is 5.69 Å². The largest absolute Gasteiger partial charge is 0.494 e. The van der Waals surface area contributed by atoms with Crippen molar-refractivity contribution in [1.29, 1.82) is 0 Å². The van der Waals surface area contributed by atoms with E-state index in [2.05, 4.69) is 0 Å². The van der Waals surface area contributed by atoms with Crippen LogP contribution in [0.1, 0.15) is 12.7 Å². The predicted molar refractivity (Wildman–Crippen MR) is 80.2 cm³/mol.